The summed E-state index contributed by atoms with van der Waals surface area (Å²) in [4.78, 5) is 13.3. The quantitative estimate of drug-likeness (QED) is 0.773. The highest BCUT2D eigenvalue weighted by Crippen LogP contribution is 2.18. The van der Waals surface area contributed by atoms with Crippen LogP contribution in [0.15, 0.2) is 24.3 Å². The monoisotopic (exact) mass is 299 g/mol. The van der Waals surface area contributed by atoms with Crippen LogP contribution in [0.3, 0.4) is 0 Å². The van der Waals surface area contributed by atoms with Crippen molar-refractivity contribution in [1.82, 2.24) is 4.90 Å². The summed E-state index contributed by atoms with van der Waals surface area (Å²) in [6.45, 7) is 2.67. The van der Waals surface area contributed by atoms with Crippen LogP contribution in [0.1, 0.15) is 0 Å². The van der Waals surface area contributed by atoms with Crippen LogP contribution in [0.25, 0.3) is 0 Å². The van der Waals surface area contributed by atoms with Crippen LogP contribution in [0.5, 0.6) is 5.75 Å². The Balaban J connectivity index is 1.79. The van der Waals surface area contributed by atoms with E-state index in [4.69, 9.17) is 21.1 Å². The molecule has 0 aromatic heterocycles. The van der Waals surface area contributed by atoms with Crippen molar-refractivity contribution >= 4 is 17.6 Å². The molecule has 0 bridgehead atoms. The van der Waals surface area contributed by atoms with Crippen molar-refractivity contribution in [2.45, 2.75) is 6.10 Å². The van der Waals surface area contributed by atoms with Gasteiger partial charge in [-0.25, -0.2) is 0 Å². The van der Waals surface area contributed by atoms with E-state index < -0.39 is 0 Å². The Kier molecular flexibility index (Phi) is 5.64. The van der Waals surface area contributed by atoms with Crippen LogP contribution in [0, 0.1) is 0 Å². The van der Waals surface area contributed by atoms with E-state index in [2.05, 4.69) is 4.74 Å². The van der Waals surface area contributed by atoms with Crippen LogP contribution in [0.2, 0.25) is 5.02 Å². The average Bonchev–Trinajstić information content (AvgIpc) is 2.45. The van der Waals surface area contributed by atoms with E-state index >= 15 is 0 Å². The minimum Gasteiger partial charge on any atom is -0.491 e. The summed E-state index contributed by atoms with van der Waals surface area (Å²) in [5.41, 5.74) is 0. The number of rotatable bonds is 5. The van der Waals surface area contributed by atoms with Gasteiger partial charge in [-0.1, -0.05) is 17.7 Å². The van der Waals surface area contributed by atoms with Crippen LogP contribution in [-0.4, -0.2) is 56.9 Å². The third kappa shape index (κ3) is 4.67. The molecule has 5 nitrogen and oxygen atoms in total. The third-order valence-corrected chi connectivity index (χ3v) is 3.27. The molecule has 1 aromatic rings. The second kappa shape index (κ2) is 7.47. The van der Waals surface area contributed by atoms with Crippen molar-refractivity contribution in [2.24, 2.45) is 0 Å². The lowest BCUT2D eigenvalue weighted by Gasteiger charge is -2.31. The molecule has 1 saturated heterocycles. The van der Waals surface area contributed by atoms with E-state index in [1.165, 1.54) is 7.11 Å². The van der Waals surface area contributed by atoms with Crippen LogP contribution in [0.4, 0.5) is 0 Å². The van der Waals surface area contributed by atoms with Crippen molar-refractivity contribution in [1.29, 1.82) is 0 Å². The second-order valence-corrected chi connectivity index (χ2v) is 5.01. The fourth-order valence-electron chi connectivity index (χ4n) is 2.02. The molecule has 1 aliphatic rings. The van der Waals surface area contributed by atoms with Gasteiger partial charge in [0.2, 0.25) is 0 Å². The molecule has 0 N–H and O–H groups in total. The summed E-state index contributed by atoms with van der Waals surface area (Å²) >= 11 is 5.89. The topological polar surface area (TPSA) is 48.0 Å². The van der Waals surface area contributed by atoms with Crippen molar-refractivity contribution < 1.29 is 19.0 Å². The molecule has 0 aliphatic carbocycles. The Hall–Kier alpha value is -1.30. The standard InChI is InChI=1S/C14H18ClNO4/c1-18-14(17)9-16-5-6-19-13(8-16)10-20-12-4-2-3-11(15)7-12/h2-4,7,13H,5-6,8-10H2,1H3. The van der Waals surface area contributed by atoms with Crippen molar-refractivity contribution in [2.75, 3.05) is 40.0 Å². The van der Waals surface area contributed by atoms with Gasteiger partial charge in [0.15, 0.2) is 0 Å². The molecule has 0 radical (unpaired) electrons. The first-order valence-electron chi connectivity index (χ1n) is 6.46. The van der Waals surface area contributed by atoms with Crippen molar-refractivity contribution in [3.05, 3.63) is 29.3 Å². The lowest BCUT2D eigenvalue weighted by Crippen LogP contribution is -2.46. The normalized spacial score (nSPS) is 19.6. The highest BCUT2D eigenvalue weighted by atomic mass is 35.5. The molecule has 1 atom stereocenters. The van der Waals surface area contributed by atoms with E-state index in [0.29, 0.717) is 30.5 Å². The predicted octanol–water partition coefficient (Wildman–Crippen LogP) is 1.59. The maximum Gasteiger partial charge on any atom is 0.319 e. The van der Waals surface area contributed by atoms with Gasteiger partial charge < -0.3 is 14.2 Å². The van der Waals surface area contributed by atoms with E-state index in [1.54, 1.807) is 12.1 Å². The average molecular weight is 300 g/mol. The minimum atomic E-state index is -0.235. The van der Waals surface area contributed by atoms with Gasteiger partial charge in [-0.3, -0.25) is 9.69 Å². The molecular weight excluding hydrogens is 282 g/mol. The van der Waals surface area contributed by atoms with Crippen LogP contribution in [-0.2, 0) is 14.3 Å². The highest BCUT2D eigenvalue weighted by molar-refractivity contribution is 6.30. The fraction of sp³-hybridized carbons (Fsp3) is 0.500. The molecule has 20 heavy (non-hydrogen) atoms. The fourth-order valence-corrected chi connectivity index (χ4v) is 2.20. The maximum atomic E-state index is 11.3. The Morgan fingerprint density at radius 1 is 1.55 bits per heavy atom. The molecule has 2 rings (SSSR count). The van der Waals surface area contributed by atoms with Gasteiger partial charge in [0.1, 0.15) is 18.5 Å². The van der Waals surface area contributed by atoms with Crippen LogP contribution >= 0.6 is 11.6 Å². The van der Waals surface area contributed by atoms with Gasteiger partial charge in [0.05, 0.1) is 20.3 Å². The maximum absolute atomic E-state index is 11.3. The molecule has 1 aromatic carbocycles. The number of ether oxygens (including phenoxy) is 3. The lowest BCUT2D eigenvalue weighted by molar-refractivity contribution is -0.144. The number of hydrogen-bond donors (Lipinski definition) is 0. The first-order chi connectivity index (χ1) is 9.67. The molecular formula is C14H18ClNO4. The Morgan fingerprint density at radius 2 is 2.40 bits per heavy atom. The van der Waals surface area contributed by atoms with Gasteiger partial charge in [-0.05, 0) is 18.2 Å². The lowest BCUT2D eigenvalue weighted by atomic mass is 10.3. The van der Waals surface area contributed by atoms with Gasteiger partial charge in [-0.15, -0.1) is 0 Å². The molecule has 110 valence electrons. The largest absolute Gasteiger partial charge is 0.491 e. The molecule has 1 aliphatic heterocycles. The van der Waals surface area contributed by atoms with Gasteiger partial charge >= 0.3 is 5.97 Å². The molecule has 0 saturated carbocycles. The Morgan fingerprint density at radius 3 is 3.15 bits per heavy atom. The number of hydrogen-bond acceptors (Lipinski definition) is 5. The molecule has 1 heterocycles. The summed E-state index contributed by atoms with van der Waals surface area (Å²) in [5.74, 6) is 0.479. The Labute approximate surface area is 123 Å². The molecule has 1 unspecified atom stereocenters. The van der Waals surface area contributed by atoms with E-state index in [1.807, 2.05) is 17.0 Å². The van der Waals surface area contributed by atoms with E-state index in [9.17, 15) is 4.79 Å². The number of halogens is 1. The molecule has 1 fully saturated rings. The first-order valence-corrected chi connectivity index (χ1v) is 6.84. The minimum absolute atomic E-state index is 0.0626. The van der Waals surface area contributed by atoms with Crippen molar-refractivity contribution in [3.8, 4) is 5.75 Å². The van der Waals surface area contributed by atoms with Gasteiger partial charge in [0, 0.05) is 18.1 Å². The number of esters is 1. The number of morpholine rings is 1. The summed E-state index contributed by atoms with van der Waals surface area (Å²) in [6.07, 6.45) is -0.0626. The summed E-state index contributed by atoms with van der Waals surface area (Å²) in [6, 6.07) is 7.24. The second-order valence-electron chi connectivity index (χ2n) is 4.57. The highest BCUT2D eigenvalue weighted by Gasteiger charge is 2.22. The zero-order valence-electron chi connectivity index (χ0n) is 11.4. The number of nitrogens with zero attached hydrogens (tertiary/aromatic N) is 1. The summed E-state index contributed by atoms with van der Waals surface area (Å²) in [5, 5.41) is 0.638. The molecule has 0 amide bonds. The Bertz CT molecular complexity index is 455. The summed E-state index contributed by atoms with van der Waals surface area (Å²) < 4.78 is 15.9. The zero-order valence-corrected chi connectivity index (χ0v) is 12.1. The number of benzene rings is 1. The van der Waals surface area contributed by atoms with E-state index in [0.717, 1.165) is 6.54 Å². The SMILES string of the molecule is COC(=O)CN1CCOC(COc2cccc(Cl)c2)C1. The van der Waals surface area contributed by atoms with Gasteiger partial charge in [0.25, 0.3) is 0 Å². The smallest absolute Gasteiger partial charge is 0.319 e. The predicted molar refractivity (Wildman–Crippen MR) is 75.1 cm³/mol. The number of methoxy groups -OCH3 is 1. The first kappa shape index (κ1) is 15.1. The summed E-state index contributed by atoms with van der Waals surface area (Å²) in [7, 11) is 1.39. The number of carbonyl (C=O) groups excluding carboxylic acids is 1. The van der Waals surface area contributed by atoms with Crippen molar-refractivity contribution in [3.63, 3.8) is 0 Å². The zero-order chi connectivity index (χ0) is 14.4. The molecule has 0 spiro atoms. The van der Waals surface area contributed by atoms with E-state index in [-0.39, 0.29) is 18.6 Å². The molecule has 6 heteroatoms. The van der Waals surface area contributed by atoms with Gasteiger partial charge in [-0.2, -0.15) is 0 Å². The van der Waals surface area contributed by atoms with Crippen LogP contribution < -0.4 is 4.74 Å². The number of carbonyl (C=O) groups is 1. The third-order valence-electron chi connectivity index (χ3n) is 3.04.